The average Bonchev–Trinajstić information content (AvgIpc) is 3.14. The summed E-state index contributed by atoms with van der Waals surface area (Å²) in [6.45, 7) is 5.41. The third kappa shape index (κ3) is 3.60. The zero-order chi connectivity index (χ0) is 20.5. The second-order valence-corrected chi connectivity index (χ2v) is 7.41. The van der Waals surface area contributed by atoms with Crippen LogP contribution in [-0.2, 0) is 22.5 Å². The van der Waals surface area contributed by atoms with Crippen molar-refractivity contribution >= 4 is 22.8 Å². The number of ether oxygens (including phenoxy) is 1. The normalized spacial score (nSPS) is 15.0. The van der Waals surface area contributed by atoms with Crippen molar-refractivity contribution in [3.8, 4) is 6.07 Å². The molecule has 1 aromatic carbocycles. The fraction of sp³-hybridized carbons (Fsp3) is 0.450. The first-order valence-electron chi connectivity index (χ1n) is 9.18. The topological polar surface area (TPSA) is 114 Å². The van der Waals surface area contributed by atoms with Crippen LogP contribution in [-0.4, -0.2) is 33.6 Å². The number of nitriles is 1. The van der Waals surface area contributed by atoms with Gasteiger partial charge in [0.2, 0.25) is 0 Å². The van der Waals surface area contributed by atoms with Crippen molar-refractivity contribution in [2.75, 3.05) is 6.61 Å². The van der Waals surface area contributed by atoms with Crippen molar-refractivity contribution in [1.29, 1.82) is 5.26 Å². The van der Waals surface area contributed by atoms with E-state index in [1.807, 2.05) is 13.8 Å². The Morgan fingerprint density at radius 1 is 1.43 bits per heavy atom. The van der Waals surface area contributed by atoms with E-state index in [1.165, 1.54) is 12.1 Å². The first kappa shape index (κ1) is 19.5. The van der Waals surface area contributed by atoms with Crippen LogP contribution < -0.4 is 10.9 Å². The largest absolute Gasteiger partial charge is 0.452 e. The number of nitrogens with zero attached hydrogens (tertiary/aromatic N) is 3. The monoisotopic (exact) mass is 382 g/mol. The molecule has 8 heteroatoms. The summed E-state index contributed by atoms with van der Waals surface area (Å²) in [4.78, 5) is 41.3. The third-order valence-corrected chi connectivity index (χ3v) is 5.17. The summed E-state index contributed by atoms with van der Waals surface area (Å²) in [6.07, 6.45) is 1.61. The van der Waals surface area contributed by atoms with E-state index in [0.717, 1.165) is 12.8 Å². The molecule has 0 aliphatic carbocycles. The van der Waals surface area contributed by atoms with Gasteiger partial charge in [-0.25, -0.2) is 9.78 Å². The summed E-state index contributed by atoms with van der Waals surface area (Å²) < 4.78 is 6.72. The molecule has 0 unspecified atom stereocenters. The number of esters is 1. The van der Waals surface area contributed by atoms with Crippen LogP contribution in [0.1, 0.15) is 43.4 Å². The molecule has 1 N–H and O–H groups in total. The van der Waals surface area contributed by atoms with Gasteiger partial charge in [0, 0.05) is 13.0 Å². The lowest BCUT2D eigenvalue weighted by Gasteiger charge is -2.27. The van der Waals surface area contributed by atoms with Crippen molar-refractivity contribution < 1.29 is 14.3 Å². The van der Waals surface area contributed by atoms with Crippen LogP contribution in [0.15, 0.2) is 23.0 Å². The maximum atomic E-state index is 12.5. The number of amides is 1. The second-order valence-electron chi connectivity index (χ2n) is 7.41. The number of carbonyl (C=O) groups excluding carboxylic acids is 2. The highest BCUT2D eigenvalue weighted by atomic mass is 16.5. The van der Waals surface area contributed by atoms with Crippen LogP contribution in [0.2, 0.25) is 0 Å². The van der Waals surface area contributed by atoms with E-state index in [-0.39, 0.29) is 17.0 Å². The number of carbonyl (C=O) groups is 2. The summed E-state index contributed by atoms with van der Waals surface area (Å²) >= 11 is 0. The van der Waals surface area contributed by atoms with Gasteiger partial charge >= 0.3 is 5.97 Å². The molecule has 1 atom stereocenters. The highest BCUT2D eigenvalue weighted by Crippen LogP contribution is 2.17. The summed E-state index contributed by atoms with van der Waals surface area (Å²) in [5.41, 5.74) is -0.504. The molecule has 28 heavy (non-hydrogen) atoms. The molecule has 0 fully saturated rings. The van der Waals surface area contributed by atoms with E-state index >= 15 is 0 Å². The number of fused-ring (bicyclic) bond motifs is 2. The van der Waals surface area contributed by atoms with Crippen molar-refractivity contribution in [3.63, 3.8) is 0 Å². The number of aryl methyl sites for hydroxylation is 1. The molecule has 0 saturated carbocycles. The minimum Gasteiger partial charge on any atom is -0.452 e. The number of nitrogens with one attached hydrogen (secondary N) is 1. The zero-order valence-corrected chi connectivity index (χ0v) is 16.1. The molecule has 1 amide bonds. The van der Waals surface area contributed by atoms with Gasteiger partial charge in [-0.15, -0.1) is 0 Å². The lowest BCUT2D eigenvalue weighted by Crippen LogP contribution is -2.50. The van der Waals surface area contributed by atoms with E-state index in [0.29, 0.717) is 23.3 Å². The van der Waals surface area contributed by atoms with Crippen LogP contribution in [0.3, 0.4) is 0 Å². The number of hydrogen-bond acceptors (Lipinski definition) is 6. The van der Waals surface area contributed by atoms with E-state index in [9.17, 15) is 19.6 Å². The SMILES string of the molecule is CC(C)[C@](C)(C#N)NC(=O)COC(=O)c1ccc2c(=O)n3c(nc2c1)CCC3. The first-order valence-corrected chi connectivity index (χ1v) is 9.18. The zero-order valence-electron chi connectivity index (χ0n) is 16.1. The van der Waals surface area contributed by atoms with Crippen LogP contribution in [0.25, 0.3) is 10.9 Å². The molecule has 0 saturated heterocycles. The number of benzene rings is 1. The Hall–Kier alpha value is -3.21. The molecular formula is C20H22N4O4. The van der Waals surface area contributed by atoms with Gasteiger partial charge in [-0.3, -0.25) is 14.2 Å². The molecule has 1 aliphatic rings. The quantitative estimate of drug-likeness (QED) is 0.785. The van der Waals surface area contributed by atoms with E-state index < -0.39 is 24.0 Å². The molecule has 8 nitrogen and oxygen atoms in total. The molecule has 1 aromatic heterocycles. The Kier molecular flexibility index (Phi) is 5.18. The van der Waals surface area contributed by atoms with E-state index in [1.54, 1.807) is 17.6 Å². The maximum absolute atomic E-state index is 12.5. The Balaban J connectivity index is 1.72. The van der Waals surface area contributed by atoms with Crippen molar-refractivity contribution in [1.82, 2.24) is 14.9 Å². The Bertz CT molecular complexity index is 1050. The van der Waals surface area contributed by atoms with Crippen molar-refractivity contribution in [3.05, 3.63) is 39.9 Å². The predicted molar refractivity (Wildman–Crippen MR) is 102 cm³/mol. The first-order chi connectivity index (χ1) is 13.2. The molecule has 3 rings (SSSR count). The molecule has 1 aliphatic heterocycles. The lowest BCUT2D eigenvalue weighted by atomic mass is 9.90. The molecule has 0 spiro atoms. The van der Waals surface area contributed by atoms with Crippen LogP contribution in [0.4, 0.5) is 0 Å². The summed E-state index contributed by atoms with van der Waals surface area (Å²) in [7, 11) is 0. The molecule has 0 bridgehead atoms. The number of rotatable bonds is 5. The van der Waals surface area contributed by atoms with Gasteiger partial charge < -0.3 is 10.1 Å². The Morgan fingerprint density at radius 3 is 2.86 bits per heavy atom. The fourth-order valence-corrected chi connectivity index (χ4v) is 3.05. The fourth-order valence-electron chi connectivity index (χ4n) is 3.05. The van der Waals surface area contributed by atoms with Crippen LogP contribution >= 0.6 is 0 Å². The lowest BCUT2D eigenvalue weighted by molar-refractivity contribution is -0.125. The van der Waals surface area contributed by atoms with Gasteiger partial charge in [0.15, 0.2) is 6.61 Å². The van der Waals surface area contributed by atoms with Gasteiger partial charge in [0.1, 0.15) is 11.4 Å². The minimum atomic E-state index is -1.04. The summed E-state index contributed by atoms with van der Waals surface area (Å²) in [6, 6.07) is 6.61. The standard InChI is InChI=1S/C20H22N4O4/c1-12(2)20(3,11-21)23-17(25)10-28-19(27)13-6-7-14-15(9-13)22-16-5-4-8-24(16)18(14)26/h6-7,9,12H,4-5,8,10H2,1-3H3,(H,23,25)/t20-/m0/s1. The third-order valence-electron chi connectivity index (χ3n) is 5.17. The number of aromatic nitrogens is 2. The van der Waals surface area contributed by atoms with Crippen LogP contribution in [0, 0.1) is 17.2 Å². The molecule has 0 radical (unpaired) electrons. The van der Waals surface area contributed by atoms with Crippen molar-refractivity contribution in [2.45, 2.75) is 45.7 Å². The minimum absolute atomic E-state index is 0.107. The van der Waals surface area contributed by atoms with Gasteiger partial charge in [-0.05, 0) is 37.5 Å². The molecule has 146 valence electrons. The highest BCUT2D eigenvalue weighted by Gasteiger charge is 2.30. The Labute approximate surface area is 162 Å². The molecule has 2 aromatic rings. The highest BCUT2D eigenvalue weighted by molar-refractivity contribution is 5.95. The predicted octanol–water partition coefficient (Wildman–Crippen LogP) is 1.55. The Morgan fingerprint density at radius 2 is 2.18 bits per heavy atom. The second kappa shape index (κ2) is 7.43. The number of hydrogen-bond donors (Lipinski definition) is 1. The van der Waals surface area contributed by atoms with Crippen molar-refractivity contribution in [2.24, 2.45) is 5.92 Å². The van der Waals surface area contributed by atoms with Gasteiger partial charge in [-0.1, -0.05) is 13.8 Å². The van der Waals surface area contributed by atoms with Gasteiger partial charge in [0.05, 0.1) is 22.5 Å². The van der Waals surface area contributed by atoms with E-state index in [2.05, 4.69) is 16.4 Å². The average molecular weight is 382 g/mol. The summed E-state index contributed by atoms with van der Waals surface area (Å²) in [5, 5.41) is 12.3. The molecular weight excluding hydrogens is 360 g/mol. The van der Waals surface area contributed by atoms with Gasteiger partial charge in [0.25, 0.3) is 11.5 Å². The summed E-state index contributed by atoms with van der Waals surface area (Å²) in [5.74, 6) is -0.639. The molecule has 2 heterocycles. The van der Waals surface area contributed by atoms with Crippen LogP contribution in [0.5, 0.6) is 0 Å². The maximum Gasteiger partial charge on any atom is 0.338 e. The van der Waals surface area contributed by atoms with E-state index in [4.69, 9.17) is 4.74 Å². The smallest absolute Gasteiger partial charge is 0.338 e. The van der Waals surface area contributed by atoms with Gasteiger partial charge in [-0.2, -0.15) is 5.26 Å².